The van der Waals surface area contributed by atoms with Crippen LogP contribution >= 0.6 is 28.1 Å². The Hall–Kier alpha value is -0.940. The van der Waals surface area contributed by atoms with Crippen LogP contribution in [0.3, 0.4) is 0 Å². The third-order valence-corrected chi connectivity index (χ3v) is 3.34. The molecule has 0 spiro atoms. The molecule has 1 heterocycles. The lowest BCUT2D eigenvalue weighted by Crippen LogP contribution is -2.06. The lowest BCUT2D eigenvalue weighted by molar-refractivity contribution is 0.664. The summed E-state index contributed by atoms with van der Waals surface area (Å²) >= 11 is 8.73. The van der Waals surface area contributed by atoms with Gasteiger partial charge < -0.3 is 0 Å². The predicted molar refractivity (Wildman–Crippen MR) is 74.7 cm³/mol. The van der Waals surface area contributed by atoms with Crippen LogP contribution in [0.4, 0.5) is 0 Å². The Labute approximate surface area is 114 Å². The molecule has 2 aromatic rings. The van der Waals surface area contributed by atoms with Gasteiger partial charge in [0.05, 0.1) is 6.54 Å². The lowest BCUT2D eigenvalue weighted by atomic mass is 10.2. The highest BCUT2D eigenvalue weighted by Gasteiger charge is 2.10. The summed E-state index contributed by atoms with van der Waals surface area (Å²) in [7, 11) is 0. The minimum absolute atomic E-state index is 0.357. The van der Waals surface area contributed by atoms with Gasteiger partial charge in [-0.2, -0.15) is 5.10 Å². The molecule has 0 aliphatic rings. The van der Waals surface area contributed by atoms with Crippen LogP contribution in [-0.2, 0) is 6.54 Å². The molecular weight excluding hydrogens is 298 g/mol. The molecule has 0 aliphatic carbocycles. The quantitative estimate of drug-likeness (QED) is 0.873. The van der Waals surface area contributed by atoms with Gasteiger partial charge in [-0.25, -0.2) is 0 Å². The van der Waals surface area contributed by atoms with E-state index in [0.29, 0.717) is 10.7 Å². The van der Waals surface area contributed by atoms with Gasteiger partial charge in [0.25, 0.3) is 0 Å². The van der Waals surface area contributed by atoms with Crippen LogP contribution in [0, 0.1) is 4.77 Å². The number of nitrogens with zero attached hydrogens (tertiary/aromatic N) is 2. The van der Waals surface area contributed by atoms with Crippen LogP contribution in [0.5, 0.6) is 0 Å². The van der Waals surface area contributed by atoms with Gasteiger partial charge in [0.15, 0.2) is 4.77 Å². The fourth-order valence-corrected chi connectivity index (χ4v) is 2.39. The van der Waals surface area contributed by atoms with E-state index in [9.17, 15) is 0 Å². The molecule has 0 saturated heterocycles. The third-order valence-electron chi connectivity index (χ3n) is 2.53. The molecule has 0 amide bonds. The molecule has 2 rings (SSSR count). The van der Waals surface area contributed by atoms with Gasteiger partial charge in [0.2, 0.25) is 0 Å². The molecule has 0 bridgehead atoms. The Kier molecular flexibility index (Phi) is 3.79. The van der Waals surface area contributed by atoms with Crippen molar-refractivity contribution in [3.8, 4) is 0 Å². The molecule has 0 radical (unpaired) electrons. The van der Waals surface area contributed by atoms with Crippen LogP contribution < -0.4 is 0 Å². The number of benzene rings is 1. The number of halogens is 1. The molecule has 0 unspecified atom stereocenters. The van der Waals surface area contributed by atoms with Crippen molar-refractivity contribution in [1.82, 2.24) is 14.8 Å². The zero-order valence-corrected chi connectivity index (χ0v) is 12.2. The van der Waals surface area contributed by atoms with Gasteiger partial charge in [0, 0.05) is 10.4 Å². The summed E-state index contributed by atoms with van der Waals surface area (Å²) in [5.41, 5.74) is 1.21. The minimum Gasteiger partial charge on any atom is -0.299 e. The normalized spacial score (nSPS) is 11.1. The molecule has 0 saturated carbocycles. The van der Waals surface area contributed by atoms with Gasteiger partial charge in [-0.15, -0.1) is 0 Å². The summed E-state index contributed by atoms with van der Waals surface area (Å²) in [6.07, 6.45) is 0. The van der Waals surface area contributed by atoms with Crippen LogP contribution in [0.1, 0.15) is 31.2 Å². The number of aromatic nitrogens is 3. The van der Waals surface area contributed by atoms with Crippen LogP contribution in [0.25, 0.3) is 0 Å². The fraction of sp³-hybridized carbons (Fsp3) is 0.333. The maximum Gasteiger partial charge on any atom is 0.195 e. The smallest absolute Gasteiger partial charge is 0.195 e. The fourth-order valence-electron chi connectivity index (χ4n) is 1.74. The SMILES string of the molecule is CC(C)c1n[nH]c(=S)n1Cc1cccc(Br)c1. The van der Waals surface area contributed by atoms with Crippen molar-refractivity contribution in [3.05, 3.63) is 44.9 Å². The molecule has 0 aliphatic heterocycles. The Morgan fingerprint density at radius 3 is 2.88 bits per heavy atom. The summed E-state index contributed by atoms with van der Waals surface area (Å²) in [5.74, 6) is 1.35. The van der Waals surface area contributed by atoms with E-state index in [1.807, 2.05) is 16.7 Å². The van der Waals surface area contributed by atoms with Gasteiger partial charge in [-0.3, -0.25) is 9.67 Å². The molecule has 3 nitrogen and oxygen atoms in total. The third kappa shape index (κ3) is 2.84. The first kappa shape index (κ1) is 12.5. The number of nitrogens with one attached hydrogen (secondary N) is 1. The first-order valence-electron chi connectivity index (χ1n) is 5.47. The van der Waals surface area contributed by atoms with Gasteiger partial charge in [-0.1, -0.05) is 41.9 Å². The van der Waals surface area contributed by atoms with Crippen molar-refractivity contribution in [3.63, 3.8) is 0 Å². The average Bonchev–Trinajstić information content (AvgIpc) is 2.61. The van der Waals surface area contributed by atoms with Gasteiger partial charge >= 0.3 is 0 Å². The predicted octanol–water partition coefficient (Wildman–Crippen LogP) is 3.87. The Morgan fingerprint density at radius 2 is 2.24 bits per heavy atom. The largest absolute Gasteiger partial charge is 0.299 e. The van der Waals surface area contributed by atoms with Gasteiger partial charge in [0.1, 0.15) is 5.82 Å². The van der Waals surface area contributed by atoms with Crippen molar-refractivity contribution in [2.45, 2.75) is 26.3 Å². The Balaban J connectivity index is 2.36. The number of H-pyrrole nitrogens is 1. The van der Waals surface area contributed by atoms with E-state index >= 15 is 0 Å². The summed E-state index contributed by atoms with van der Waals surface area (Å²) in [5, 5.41) is 7.13. The van der Waals surface area contributed by atoms with Crippen LogP contribution in [-0.4, -0.2) is 14.8 Å². The van der Waals surface area contributed by atoms with Gasteiger partial charge in [-0.05, 0) is 29.9 Å². The monoisotopic (exact) mass is 311 g/mol. The minimum atomic E-state index is 0.357. The van der Waals surface area contributed by atoms with Crippen molar-refractivity contribution >= 4 is 28.1 Å². The first-order chi connectivity index (χ1) is 8.08. The zero-order valence-electron chi connectivity index (χ0n) is 9.77. The number of hydrogen-bond donors (Lipinski definition) is 1. The van der Waals surface area contributed by atoms with E-state index in [1.165, 1.54) is 5.56 Å². The molecule has 1 aromatic heterocycles. The molecule has 1 aromatic carbocycles. The number of aromatic amines is 1. The van der Waals surface area contributed by atoms with E-state index in [0.717, 1.165) is 16.8 Å². The molecule has 5 heteroatoms. The highest BCUT2D eigenvalue weighted by Crippen LogP contribution is 2.16. The number of rotatable bonds is 3. The topological polar surface area (TPSA) is 33.6 Å². The summed E-state index contributed by atoms with van der Waals surface area (Å²) in [6.45, 7) is 4.98. The molecule has 1 N–H and O–H groups in total. The zero-order chi connectivity index (χ0) is 12.4. The Bertz CT molecular complexity index is 571. The second kappa shape index (κ2) is 5.14. The molecular formula is C12H14BrN3S. The molecule has 0 fully saturated rings. The summed E-state index contributed by atoms with van der Waals surface area (Å²) < 4.78 is 3.80. The number of hydrogen-bond acceptors (Lipinski definition) is 2. The van der Waals surface area contributed by atoms with Crippen molar-refractivity contribution in [2.75, 3.05) is 0 Å². The van der Waals surface area contributed by atoms with E-state index in [1.54, 1.807) is 0 Å². The highest BCUT2D eigenvalue weighted by atomic mass is 79.9. The second-order valence-corrected chi connectivity index (χ2v) is 5.56. The Morgan fingerprint density at radius 1 is 1.47 bits per heavy atom. The summed E-state index contributed by atoms with van der Waals surface area (Å²) in [6, 6.07) is 8.22. The molecule has 90 valence electrons. The molecule has 0 atom stereocenters. The standard InChI is InChI=1S/C12H14BrN3S/c1-8(2)11-14-15-12(17)16(11)7-9-4-3-5-10(13)6-9/h3-6,8H,7H2,1-2H3,(H,15,17). The van der Waals surface area contributed by atoms with Crippen LogP contribution in [0.2, 0.25) is 0 Å². The maximum absolute atomic E-state index is 5.26. The first-order valence-corrected chi connectivity index (χ1v) is 6.67. The van der Waals surface area contributed by atoms with Crippen molar-refractivity contribution < 1.29 is 0 Å². The maximum atomic E-state index is 5.26. The summed E-state index contributed by atoms with van der Waals surface area (Å²) in [4.78, 5) is 0. The van der Waals surface area contributed by atoms with Crippen molar-refractivity contribution in [1.29, 1.82) is 0 Å². The van der Waals surface area contributed by atoms with Crippen LogP contribution in [0.15, 0.2) is 28.7 Å². The van der Waals surface area contributed by atoms with E-state index in [4.69, 9.17) is 12.2 Å². The van der Waals surface area contributed by atoms with E-state index in [2.05, 4.69) is 52.1 Å². The highest BCUT2D eigenvalue weighted by molar-refractivity contribution is 9.10. The van der Waals surface area contributed by atoms with Crippen molar-refractivity contribution in [2.24, 2.45) is 0 Å². The average molecular weight is 312 g/mol. The lowest BCUT2D eigenvalue weighted by Gasteiger charge is -2.09. The van der Waals surface area contributed by atoms with E-state index < -0.39 is 0 Å². The molecule has 17 heavy (non-hydrogen) atoms. The van der Waals surface area contributed by atoms with E-state index in [-0.39, 0.29) is 0 Å². The second-order valence-electron chi connectivity index (χ2n) is 4.26.